The Bertz CT molecular complexity index is 1140. The van der Waals surface area contributed by atoms with Crippen molar-refractivity contribution in [3.05, 3.63) is 33.9 Å². The molecule has 0 atom stereocenters. The fourth-order valence-electron chi connectivity index (χ4n) is 3.44. The molecular weight excluding hydrogens is 382 g/mol. The number of hydrogen-bond donors (Lipinski definition) is 1. The lowest BCUT2D eigenvalue weighted by molar-refractivity contribution is 0.158. The molecule has 1 aliphatic rings. The number of hydrogen-bond acceptors (Lipinski definition) is 7. The van der Waals surface area contributed by atoms with Crippen LogP contribution in [0.25, 0.3) is 11.1 Å². The van der Waals surface area contributed by atoms with E-state index in [1.165, 1.54) is 4.68 Å². The Balaban J connectivity index is 2.39. The van der Waals surface area contributed by atoms with Crippen molar-refractivity contribution >= 4 is 21.5 Å². The SMILES string of the molecule is CCON=C1CC(=C=O)S(=O)(=O)c2c(C)cc(-c3cnn(CC)c3O)c(C)c21. The minimum absolute atomic E-state index is 0.000361. The fourth-order valence-corrected chi connectivity index (χ4v) is 5.14. The van der Waals surface area contributed by atoms with Gasteiger partial charge in [0, 0.05) is 18.5 Å². The first-order valence-electron chi connectivity index (χ1n) is 8.85. The largest absolute Gasteiger partial charge is 0.493 e. The second-order valence-electron chi connectivity index (χ2n) is 6.43. The second kappa shape index (κ2) is 7.26. The molecule has 1 N–H and O–H groups in total. The molecule has 0 fully saturated rings. The number of oxime groups is 1. The van der Waals surface area contributed by atoms with Crippen LogP contribution in [-0.2, 0) is 26.0 Å². The van der Waals surface area contributed by atoms with Gasteiger partial charge in [-0.1, -0.05) is 5.16 Å². The van der Waals surface area contributed by atoms with Crippen molar-refractivity contribution < 1.29 is 23.2 Å². The molecule has 0 amide bonds. The lowest BCUT2D eigenvalue weighted by atomic mass is 9.91. The summed E-state index contributed by atoms with van der Waals surface area (Å²) in [4.78, 5) is 16.1. The molecule has 0 unspecified atom stereocenters. The first-order chi connectivity index (χ1) is 13.3. The highest BCUT2D eigenvalue weighted by atomic mass is 32.2. The van der Waals surface area contributed by atoms with Gasteiger partial charge in [0.1, 0.15) is 17.5 Å². The first-order valence-corrected chi connectivity index (χ1v) is 10.3. The second-order valence-corrected chi connectivity index (χ2v) is 8.34. The first kappa shape index (κ1) is 19.9. The maximum Gasteiger partial charge on any atom is 0.217 e. The normalized spacial score (nSPS) is 16.7. The van der Waals surface area contributed by atoms with Crippen LogP contribution in [-0.4, -0.2) is 41.6 Å². The number of rotatable bonds is 4. The Hall–Kier alpha value is -2.90. The van der Waals surface area contributed by atoms with E-state index in [4.69, 9.17) is 4.84 Å². The highest BCUT2D eigenvalue weighted by Gasteiger charge is 2.37. The zero-order valence-corrected chi connectivity index (χ0v) is 16.9. The molecule has 1 aliphatic heterocycles. The van der Waals surface area contributed by atoms with Gasteiger partial charge in [-0.15, -0.1) is 0 Å². The van der Waals surface area contributed by atoms with Crippen LogP contribution >= 0.6 is 0 Å². The summed E-state index contributed by atoms with van der Waals surface area (Å²) >= 11 is 0. The molecule has 0 aliphatic carbocycles. The summed E-state index contributed by atoms with van der Waals surface area (Å²) in [6.45, 7) is 7.80. The lowest BCUT2D eigenvalue weighted by Gasteiger charge is -2.24. The van der Waals surface area contributed by atoms with Gasteiger partial charge in [-0.3, -0.25) is 0 Å². The average molecular weight is 403 g/mol. The van der Waals surface area contributed by atoms with E-state index in [2.05, 4.69) is 10.3 Å². The zero-order chi connectivity index (χ0) is 20.6. The molecule has 0 saturated carbocycles. The molecule has 2 aromatic rings. The van der Waals surface area contributed by atoms with Crippen LogP contribution in [0.2, 0.25) is 0 Å². The minimum atomic E-state index is -3.98. The number of aryl methyl sites for hydroxylation is 2. The molecule has 1 aromatic heterocycles. The monoisotopic (exact) mass is 403 g/mol. The highest BCUT2D eigenvalue weighted by molar-refractivity contribution is 7.95. The molecule has 9 heteroatoms. The van der Waals surface area contributed by atoms with Crippen molar-refractivity contribution in [1.82, 2.24) is 9.78 Å². The van der Waals surface area contributed by atoms with E-state index in [9.17, 15) is 18.3 Å². The standard InChI is InChI=1S/C19H21N3O5S/c1-5-22-19(24)15(9-20-22)14-7-11(3)18-17(12(14)4)16(21-27-6-2)8-13(10-23)28(18,25)26/h7,9,24H,5-6,8H2,1-4H3. The molecule has 8 nitrogen and oxygen atoms in total. The van der Waals surface area contributed by atoms with Crippen molar-refractivity contribution in [2.45, 2.75) is 45.6 Å². The van der Waals surface area contributed by atoms with Crippen LogP contribution in [0.4, 0.5) is 0 Å². The third-order valence-electron chi connectivity index (χ3n) is 4.75. The maximum absolute atomic E-state index is 12.9. The smallest absolute Gasteiger partial charge is 0.217 e. The third kappa shape index (κ3) is 2.93. The van der Waals surface area contributed by atoms with Crippen molar-refractivity contribution in [2.75, 3.05) is 6.61 Å². The summed E-state index contributed by atoms with van der Waals surface area (Å²) in [7, 11) is -3.98. The van der Waals surface area contributed by atoms with Gasteiger partial charge in [0.15, 0.2) is 0 Å². The Morgan fingerprint density at radius 3 is 2.61 bits per heavy atom. The summed E-state index contributed by atoms with van der Waals surface area (Å²) in [5, 5.41) is 18.7. The Labute approximate surface area is 163 Å². The van der Waals surface area contributed by atoms with Gasteiger partial charge in [-0.25, -0.2) is 17.9 Å². The summed E-state index contributed by atoms with van der Waals surface area (Å²) in [6, 6.07) is 1.68. The van der Waals surface area contributed by atoms with Crippen LogP contribution in [0.3, 0.4) is 0 Å². The molecule has 28 heavy (non-hydrogen) atoms. The molecule has 0 saturated heterocycles. The van der Waals surface area contributed by atoms with Gasteiger partial charge in [0.25, 0.3) is 0 Å². The van der Waals surface area contributed by atoms with Gasteiger partial charge in [0.05, 0.1) is 22.4 Å². The predicted octanol–water partition coefficient (Wildman–Crippen LogP) is 2.53. The van der Waals surface area contributed by atoms with Crippen molar-refractivity contribution in [3.8, 4) is 17.0 Å². The van der Waals surface area contributed by atoms with Crippen LogP contribution in [0.1, 0.15) is 37.0 Å². The summed E-state index contributed by atoms with van der Waals surface area (Å²) in [5.74, 6) is 1.54. The highest BCUT2D eigenvalue weighted by Crippen LogP contribution is 2.41. The average Bonchev–Trinajstić information content (AvgIpc) is 3.03. The van der Waals surface area contributed by atoms with Gasteiger partial charge in [0.2, 0.25) is 15.7 Å². The lowest BCUT2D eigenvalue weighted by Crippen LogP contribution is -2.24. The zero-order valence-electron chi connectivity index (χ0n) is 16.1. The molecule has 0 bridgehead atoms. The number of sulfone groups is 1. The van der Waals surface area contributed by atoms with E-state index in [0.717, 1.165) is 0 Å². The Morgan fingerprint density at radius 2 is 2.04 bits per heavy atom. The summed E-state index contributed by atoms with van der Waals surface area (Å²) in [6.07, 6.45) is 1.35. The minimum Gasteiger partial charge on any atom is -0.493 e. The van der Waals surface area contributed by atoms with Gasteiger partial charge in [-0.05, 0) is 50.5 Å². The number of allylic oxidation sites excluding steroid dienone is 1. The van der Waals surface area contributed by atoms with Crippen LogP contribution in [0.5, 0.6) is 5.88 Å². The van der Waals surface area contributed by atoms with Crippen LogP contribution < -0.4 is 0 Å². The summed E-state index contributed by atoms with van der Waals surface area (Å²) in [5.41, 5.74) is 2.93. The number of carbonyl (C=O) groups excluding carboxylic acids is 1. The van der Waals surface area contributed by atoms with E-state index in [-0.39, 0.29) is 22.1 Å². The number of nitrogens with zero attached hydrogens (tertiary/aromatic N) is 3. The topological polar surface area (TPSA) is 111 Å². The van der Waals surface area contributed by atoms with Gasteiger partial charge >= 0.3 is 0 Å². The van der Waals surface area contributed by atoms with Crippen LogP contribution in [0.15, 0.2) is 27.2 Å². The van der Waals surface area contributed by atoms with E-state index < -0.39 is 9.84 Å². The summed E-state index contributed by atoms with van der Waals surface area (Å²) < 4.78 is 27.3. The number of fused-ring (bicyclic) bond motifs is 1. The van der Waals surface area contributed by atoms with Crippen molar-refractivity contribution in [1.29, 1.82) is 0 Å². The van der Waals surface area contributed by atoms with E-state index >= 15 is 0 Å². The number of benzene rings is 1. The maximum atomic E-state index is 12.9. The van der Waals surface area contributed by atoms with Crippen molar-refractivity contribution in [3.63, 3.8) is 0 Å². The van der Waals surface area contributed by atoms with Gasteiger partial charge < -0.3 is 9.94 Å². The van der Waals surface area contributed by atoms with Gasteiger partial charge in [-0.2, -0.15) is 5.10 Å². The molecular formula is C19H21N3O5S. The van der Waals surface area contributed by atoms with E-state index in [1.807, 2.05) is 6.92 Å². The predicted molar refractivity (Wildman–Crippen MR) is 104 cm³/mol. The van der Waals surface area contributed by atoms with Crippen molar-refractivity contribution in [2.24, 2.45) is 5.16 Å². The Morgan fingerprint density at radius 1 is 1.32 bits per heavy atom. The van der Waals surface area contributed by atoms with E-state index in [0.29, 0.717) is 46.7 Å². The van der Waals surface area contributed by atoms with Crippen LogP contribution in [0, 0.1) is 13.8 Å². The number of aromatic nitrogens is 2. The molecule has 2 heterocycles. The fraction of sp³-hybridized carbons (Fsp3) is 0.368. The van der Waals surface area contributed by atoms with E-state index in [1.54, 1.807) is 39.0 Å². The molecule has 1 aromatic carbocycles. The molecule has 0 radical (unpaired) electrons. The quantitative estimate of drug-likeness (QED) is 0.620. The molecule has 0 spiro atoms. The third-order valence-corrected chi connectivity index (χ3v) is 6.69. The number of aromatic hydroxyl groups is 1. The Kier molecular flexibility index (Phi) is 5.14. The molecule has 3 rings (SSSR count). The molecule has 148 valence electrons.